The largest absolute Gasteiger partial charge is 0.493 e. The van der Waals surface area contributed by atoms with E-state index in [2.05, 4.69) is 26.3 Å². The molecule has 0 bridgehead atoms. The number of rotatable bonds is 6. The molecule has 0 saturated heterocycles. The first-order valence-corrected chi connectivity index (χ1v) is 10.1. The number of halogens is 1. The van der Waals surface area contributed by atoms with Crippen LogP contribution in [0.3, 0.4) is 0 Å². The maximum atomic E-state index is 12.4. The van der Waals surface area contributed by atoms with Crippen LogP contribution in [0.25, 0.3) is 6.08 Å². The fraction of sp³-hybridized carbons (Fsp3) is 0.182. The highest BCUT2D eigenvalue weighted by Crippen LogP contribution is 2.40. The minimum atomic E-state index is -0.263. The van der Waals surface area contributed by atoms with Crippen molar-refractivity contribution in [3.8, 4) is 17.2 Å². The molecule has 0 fully saturated rings. The number of hydrogen-bond acceptors (Lipinski definition) is 5. The van der Waals surface area contributed by atoms with Gasteiger partial charge < -0.3 is 19.5 Å². The number of carbonyl (C=O) groups excluding carboxylic acids is 1. The topological polar surface area (TPSA) is 74.6 Å². The summed E-state index contributed by atoms with van der Waals surface area (Å²) >= 11 is 3.43. The highest BCUT2D eigenvalue weighted by molar-refractivity contribution is 9.10. The molecular formula is C22H20BrN3O4. The van der Waals surface area contributed by atoms with Gasteiger partial charge in [-0.05, 0) is 41.5 Å². The summed E-state index contributed by atoms with van der Waals surface area (Å²) in [7, 11) is 1.57. The van der Waals surface area contributed by atoms with Gasteiger partial charge in [0.05, 0.1) is 19.9 Å². The van der Waals surface area contributed by atoms with Crippen molar-refractivity contribution in [2.75, 3.05) is 25.6 Å². The van der Waals surface area contributed by atoms with E-state index in [-0.39, 0.29) is 5.91 Å². The monoisotopic (exact) mass is 469 g/mol. The van der Waals surface area contributed by atoms with Crippen molar-refractivity contribution in [3.63, 3.8) is 0 Å². The van der Waals surface area contributed by atoms with Crippen LogP contribution in [0.4, 0.5) is 5.82 Å². The van der Waals surface area contributed by atoms with E-state index < -0.39 is 0 Å². The number of ether oxygens (including phenoxy) is 3. The summed E-state index contributed by atoms with van der Waals surface area (Å²) in [4.78, 5) is 12.4. The summed E-state index contributed by atoms with van der Waals surface area (Å²) in [6, 6.07) is 13.3. The summed E-state index contributed by atoms with van der Waals surface area (Å²) in [5, 5.41) is 7.16. The maximum absolute atomic E-state index is 12.4. The van der Waals surface area contributed by atoms with Gasteiger partial charge in [-0.2, -0.15) is 5.10 Å². The number of benzene rings is 2. The SMILES string of the molecule is COc1cc(/C=C/C(=O)Nc2ccnn2Cc2ccc(Br)cc2)cc2c1OCCO2. The Labute approximate surface area is 182 Å². The third-order valence-corrected chi connectivity index (χ3v) is 5.02. The molecule has 1 aliphatic heterocycles. The molecule has 8 heteroatoms. The Morgan fingerprint density at radius 1 is 1.23 bits per heavy atom. The number of anilines is 1. The zero-order chi connectivity index (χ0) is 20.9. The lowest BCUT2D eigenvalue weighted by atomic mass is 10.1. The third-order valence-electron chi connectivity index (χ3n) is 4.49. The minimum Gasteiger partial charge on any atom is -0.493 e. The molecule has 1 amide bonds. The summed E-state index contributed by atoms with van der Waals surface area (Å²) in [6.45, 7) is 1.51. The molecule has 4 rings (SSSR count). The second-order valence-electron chi connectivity index (χ2n) is 6.57. The van der Waals surface area contributed by atoms with Gasteiger partial charge in [0.15, 0.2) is 11.5 Å². The van der Waals surface area contributed by atoms with Crippen molar-refractivity contribution in [1.29, 1.82) is 0 Å². The lowest BCUT2D eigenvalue weighted by Gasteiger charge is -2.20. The molecule has 0 saturated carbocycles. The van der Waals surface area contributed by atoms with Crippen LogP contribution in [0.2, 0.25) is 0 Å². The Morgan fingerprint density at radius 3 is 2.83 bits per heavy atom. The van der Waals surface area contributed by atoms with E-state index in [0.717, 1.165) is 15.6 Å². The standard InChI is InChI=1S/C22H20BrN3O4/c1-28-18-12-16(13-19-22(18)30-11-10-29-19)4-7-21(27)25-20-8-9-24-26(20)14-15-2-5-17(23)6-3-15/h2-9,12-13H,10-11,14H2,1H3,(H,25,27)/b7-4+. The number of carbonyl (C=O) groups is 1. The highest BCUT2D eigenvalue weighted by Gasteiger charge is 2.17. The average Bonchev–Trinajstić information content (AvgIpc) is 3.19. The average molecular weight is 470 g/mol. The quantitative estimate of drug-likeness (QED) is 0.549. The maximum Gasteiger partial charge on any atom is 0.249 e. The molecule has 30 heavy (non-hydrogen) atoms. The van der Waals surface area contributed by atoms with Gasteiger partial charge in [0.1, 0.15) is 19.0 Å². The molecule has 2 heterocycles. The number of methoxy groups -OCH3 is 1. The van der Waals surface area contributed by atoms with Gasteiger partial charge in [0, 0.05) is 16.6 Å². The highest BCUT2D eigenvalue weighted by atomic mass is 79.9. The molecule has 0 aliphatic carbocycles. The van der Waals surface area contributed by atoms with Crippen molar-refractivity contribution >= 4 is 33.7 Å². The normalized spacial score (nSPS) is 12.7. The van der Waals surface area contributed by atoms with E-state index in [9.17, 15) is 4.79 Å². The van der Waals surface area contributed by atoms with Crippen LogP contribution in [0, 0.1) is 0 Å². The summed E-state index contributed by atoms with van der Waals surface area (Å²) < 4.78 is 19.3. The minimum absolute atomic E-state index is 0.263. The number of nitrogens with one attached hydrogen (secondary N) is 1. The lowest BCUT2D eigenvalue weighted by Crippen LogP contribution is -2.16. The van der Waals surface area contributed by atoms with Gasteiger partial charge >= 0.3 is 0 Å². The predicted molar refractivity (Wildman–Crippen MR) is 117 cm³/mol. The number of fused-ring (bicyclic) bond motifs is 1. The predicted octanol–water partition coefficient (Wildman–Crippen LogP) is 4.13. The second-order valence-corrected chi connectivity index (χ2v) is 7.49. The Hall–Kier alpha value is -3.26. The molecule has 0 spiro atoms. The molecule has 3 aromatic rings. The van der Waals surface area contributed by atoms with Crippen LogP contribution < -0.4 is 19.5 Å². The van der Waals surface area contributed by atoms with Crippen molar-refractivity contribution in [3.05, 3.63) is 70.3 Å². The molecule has 2 aromatic carbocycles. The van der Waals surface area contributed by atoms with Crippen LogP contribution in [-0.4, -0.2) is 36.0 Å². The first-order chi connectivity index (χ1) is 14.6. The molecule has 154 valence electrons. The fourth-order valence-electron chi connectivity index (χ4n) is 3.06. The Balaban J connectivity index is 1.45. The zero-order valence-corrected chi connectivity index (χ0v) is 17.9. The van der Waals surface area contributed by atoms with Crippen molar-refractivity contribution in [2.45, 2.75) is 6.54 Å². The summed E-state index contributed by atoms with van der Waals surface area (Å²) in [6.07, 6.45) is 4.82. The van der Waals surface area contributed by atoms with Crippen LogP contribution in [-0.2, 0) is 11.3 Å². The van der Waals surface area contributed by atoms with E-state index in [1.807, 2.05) is 30.3 Å². The van der Waals surface area contributed by atoms with Gasteiger partial charge in [-0.3, -0.25) is 4.79 Å². The summed E-state index contributed by atoms with van der Waals surface area (Å²) in [5.41, 5.74) is 1.85. The van der Waals surface area contributed by atoms with Crippen LogP contribution >= 0.6 is 15.9 Å². The fourth-order valence-corrected chi connectivity index (χ4v) is 3.32. The first kappa shape index (κ1) is 20.0. The number of aromatic nitrogens is 2. The Kier molecular flexibility index (Phi) is 6.04. The molecule has 7 nitrogen and oxygen atoms in total. The number of hydrogen-bond donors (Lipinski definition) is 1. The van der Waals surface area contributed by atoms with Crippen LogP contribution in [0.1, 0.15) is 11.1 Å². The molecule has 1 aromatic heterocycles. The van der Waals surface area contributed by atoms with Gasteiger partial charge in [-0.1, -0.05) is 28.1 Å². The molecule has 1 N–H and O–H groups in total. The van der Waals surface area contributed by atoms with Gasteiger partial charge in [-0.25, -0.2) is 4.68 Å². The zero-order valence-electron chi connectivity index (χ0n) is 16.3. The molecule has 0 atom stereocenters. The van der Waals surface area contributed by atoms with Crippen LogP contribution in [0.5, 0.6) is 17.2 Å². The Morgan fingerprint density at radius 2 is 2.03 bits per heavy atom. The second kappa shape index (κ2) is 9.04. The van der Waals surface area contributed by atoms with Gasteiger partial charge in [-0.15, -0.1) is 0 Å². The van der Waals surface area contributed by atoms with E-state index >= 15 is 0 Å². The molecule has 0 radical (unpaired) electrons. The number of amides is 1. The van der Waals surface area contributed by atoms with Crippen LogP contribution in [0.15, 0.2) is 59.2 Å². The first-order valence-electron chi connectivity index (χ1n) is 9.35. The molecule has 1 aliphatic rings. The number of nitrogens with zero attached hydrogens (tertiary/aromatic N) is 2. The molecule has 0 unspecified atom stereocenters. The van der Waals surface area contributed by atoms with Crippen molar-refractivity contribution in [1.82, 2.24) is 9.78 Å². The smallest absolute Gasteiger partial charge is 0.249 e. The van der Waals surface area contributed by atoms with Gasteiger partial charge in [0.2, 0.25) is 11.7 Å². The summed E-state index contributed by atoms with van der Waals surface area (Å²) in [5.74, 6) is 2.11. The van der Waals surface area contributed by atoms with E-state index in [1.54, 1.807) is 36.2 Å². The van der Waals surface area contributed by atoms with Crippen molar-refractivity contribution < 1.29 is 19.0 Å². The lowest BCUT2D eigenvalue weighted by molar-refractivity contribution is -0.111. The van der Waals surface area contributed by atoms with E-state index in [4.69, 9.17) is 14.2 Å². The van der Waals surface area contributed by atoms with Crippen molar-refractivity contribution in [2.24, 2.45) is 0 Å². The molecular weight excluding hydrogens is 450 g/mol. The van der Waals surface area contributed by atoms with Gasteiger partial charge in [0.25, 0.3) is 0 Å². The third kappa shape index (κ3) is 4.65. The van der Waals surface area contributed by atoms with E-state index in [0.29, 0.717) is 42.8 Å². The Bertz CT molecular complexity index is 1060. The van der Waals surface area contributed by atoms with E-state index in [1.165, 1.54) is 6.08 Å².